The van der Waals surface area contributed by atoms with Crippen molar-refractivity contribution in [3.05, 3.63) is 40.1 Å². The van der Waals surface area contributed by atoms with Gasteiger partial charge in [-0.05, 0) is 54.4 Å². The fourth-order valence-corrected chi connectivity index (χ4v) is 2.32. The van der Waals surface area contributed by atoms with E-state index in [2.05, 4.69) is 31.6 Å². The summed E-state index contributed by atoms with van der Waals surface area (Å²) in [4.78, 5) is 12.0. The van der Waals surface area contributed by atoms with Crippen molar-refractivity contribution in [1.82, 2.24) is 15.0 Å². The molecule has 2 rings (SSSR count). The van der Waals surface area contributed by atoms with Gasteiger partial charge in [-0.3, -0.25) is 4.79 Å². The van der Waals surface area contributed by atoms with Gasteiger partial charge in [0.05, 0.1) is 17.4 Å². The minimum Gasteiger partial charge on any atom is -0.323 e. The standard InChI is InChI=1S/C14H18BrN5O/c1-9-4-5-11(10(15)6-9)17-13(21)8-20-7-12(18-19-20)14(2,3)16/h4-7H,8,16H2,1-3H3,(H,17,21). The average molecular weight is 352 g/mol. The Balaban J connectivity index is 2.03. The number of rotatable bonds is 4. The summed E-state index contributed by atoms with van der Waals surface area (Å²) < 4.78 is 2.32. The van der Waals surface area contributed by atoms with Crippen LogP contribution < -0.4 is 11.1 Å². The molecule has 0 saturated heterocycles. The van der Waals surface area contributed by atoms with E-state index in [-0.39, 0.29) is 12.5 Å². The number of carbonyl (C=O) groups excluding carboxylic acids is 1. The second-order valence-corrected chi connectivity index (χ2v) is 6.41. The van der Waals surface area contributed by atoms with Crippen molar-refractivity contribution in [1.29, 1.82) is 0 Å². The molecule has 112 valence electrons. The zero-order valence-electron chi connectivity index (χ0n) is 12.2. The first-order valence-electron chi connectivity index (χ1n) is 6.51. The van der Waals surface area contributed by atoms with E-state index in [1.807, 2.05) is 39.0 Å². The summed E-state index contributed by atoms with van der Waals surface area (Å²) in [6.45, 7) is 5.75. The third kappa shape index (κ3) is 4.12. The molecule has 0 saturated carbocycles. The van der Waals surface area contributed by atoms with Crippen molar-refractivity contribution in [2.45, 2.75) is 32.9 Å². The highest BCUT2D eigenvalue weighted by Crippen LogP contribution is 2.23. The summed E-state index contributed by atoms with van der Waals surface area (Å²) in [7, 11) is 0. The molecule has 1 amide bonds. The second kappa shape index (κ2) is 5.95. The van der Waals surface area contributed by atoms with Crippen LogP contribution in [0, 0.1) is 6.92 Å². The normalized spacial score (nSPS) is 11.5. The molecule has 0 atom stereocenters. The molecular formula is C14H18BrN5O. The Bertz CT molecular complexity index is 660. The fourth-order valence-electron chi connectivity index (χ4n) is 1.73. The van der Waals surface area contributed by atoms with Crippen molar-refractivity contribution in [2.75, 3.05) is 5.32 Å². The van der Waals surface area contributed by atoms with E-state index in [0.29, 0.717) is 5.69 Å². The predicted octanol–water partition coefficient (Wildman–Crippen LogP) is 2.18. The lowest BCUT2D eigenvalue weighted by Crippen LogP contribution is -2.29. The maximum absolute atomic E-state index is 12.0. The molecule has 6 nitrogen and oxygen atoms in total. The maximum atomic E-state index is 12.0. The van der Waals surface area contributed by atoms with Crippen LogP contribution in [0.25, 0.3) is 0 Å². The van der Waals surface area contributed by atoms with Crippen LogP contribution in [0.2, 0.25) is 0 Å². The summed E-state index contributed by atoms with van der Waals surface area (Å²) in [5.74, 6) is -0.175. The number of amides is 1. The lowest BCUT2D eigenvalue weighted by atomic mass is 10.0. The van der Waals surface area contributed by atoms with E-state index in [0.717, 1.165) is 15.7 Å². The van der Waals surface area contributed by atoms with E-state index in [1.165, 1.54) is 4.68 Å². The highest BCUT2D eigenvalue weighted by Gasteiger charge is 2.19. The molecule has 21 heavy (non-hydrogen) atoms. The third-order valence-corrected chi connectivity index (χ3v) is 3.56. The topological polar surface area (TPSA) is 85.8 Å². The van der Waals surface area contributed by atoms with Crippen LogP contribution >= 0.6 is 15.9 Å². The van der Waals surface area contributed by atoms with Crippen LogP contribution in [0.4, 0.5) is 5.69 Å². The zero-order valence-corrected chi connectivity index (χ0v) is 13.8. The number of nitrogens with two attached hydrogens (primary N) is 1. The van der Waals surface area contributed by atoms with E-state index < -0.39 is 5.54 Å². The van der Waals surface area contributed by atoms with Crippen LogP contribution in [-0.4, -0.2) is 20.9 Å². The van der Waals surface area contributed by atoms with Gasteiger partial charge in [-0.15, -0.1) is 5.10 Å². The quantitative estimate of drug-likeness (QED) is 0.883. The van der Waals surface area contributed by atoms with Gasteiger partial charge < -0.3 is 11.1 Å². The van der Waals surface area contributed by atoms with Crippen LogP contribution in [0.3, 0.4) is 0 Å². The molecule has 0 fully saturated rings. The van der Waals surface area contributed by atoms with Gasteiger partial charge in [0.1, 0.15) is 12.2 Å². The average Bonchev–Trinajstić information content (AvgIpc) is 2.81. The number of anilines is 1. The SMILES string of the molecule is Cc1ccc(NC(=O)Cn2cc(C(C)(C)N)nn2)c(Br)c1. The van der Waals surface area contributed by atoms with Gasteiger partial charge in [0.2, 0.25) is 5.91 Å². The first-order valence-corrected chi connectivity index (χ1v) is 7.30. The number of carbonyl (C=O) groups is 1. The largest absolute Gasteiger partial charge is 0.323 e. The molecule has 2 aromatic rings. The predicted molar refractivity (Wildman–Crippen MR) is 84.7 cm³/mol. The van der Waals surface area contributed by atoms with Crippen LogP contribution in [-0.2, 0) is 16.9 Å². The van der Waals surface area contributed by atoms with E-state index >= 15 is 0 Å². The van der Waals surface area contributed by atoms with Gasteiger partial charge >= 0.3 is 0 Å². The molecule has 0 bridgehead atoms. The number of benzene rings is 1. The molecule has 7 heteroatoms. The van der Waals surface area contributed by atoms with Gasteiger partial charge in [-0.2, -0.15) is 0 Å². The maximum Gasteiger partial charge on any atom is 0.246 e. The van der Waals surface area contributed by atoms with Crippen molar-refractivity contribution in [3.8, 4) is 0 Å². The van der Waals surface area contributed by atoms with Gasteiger partial charge in [-0.25, -0.2) is 4.68 Å². The highest BCUT2D eigenvalue weighted by molar-refractivity contribution is 9.10. The van der Waals surface area contributed by atoms with Gasteiger partial charge in [0.25, 0.3) is 0 Å². The lowest BCUT2D eigenvalue weighted by molar-refractivity contribution is -0.116. The second-order valence-electron chi connectivity index (χ2n) is 5.55. The first kappa shape index (κ1) is 15.7. The number of hydrogen-bond donors (Lipinski definition) is 2. The zero-order chi connectivity index (χ0) is 15.6. The number of nitrogens with zero attached hydrogens (tertiary/aromatic N) is 3. The van der Waals surface area contributed by atoms with Crippen LogP contribution in [0.1, 0.15) is 25.1 Å². The molecule has 0 spiro atoms. The van der Waals surface area contributed by atoms with Gasteiger partial charge in [-0.1, -0.05) is 11.3 Å². The number of halogens is 1. The Morgan fingerprint density at radius 1 is 1.48 bits per heavy atom. The summed E-state index contributed by atoms with van der Waals surface area (Å²) in [5.41, 5.74) is 7.85. The molecule has 0 radical (unpaired) electrons. The van der Waals surface area contributed by atoms with Crippen LogP contribution in [0.5, 0.6) is 0 Å². The molecule has 1 aromatic heterocycles. The van der Waals surface area contributed by atoms with E-state index in [9.17, 15) is 4.79 Å². The third-order valence-electron chi connectivity index (χ3n) is 2.90. The van der Waals surface area contributed by atoms with Crippen molar-refractivity contribution >= 4 is 27.5 Å². The van der Waals surface area contributed by atoms with Crippen LogP contribution in [0.15, 0.2) is 28.9 Å². The Morgan fingerprint density at radius 2 is 2.19 bits per heavy atom. The molecule has 1 heterocycles. The Labute approximate surface area is 131 Å². The van der Waals surface area contributed by atoms with Gasteiger partial charge in [0.15, 0.2) is 0 Å². The number of aryl methyl sites for hydroxylation is 1. The minimum atomic E-state index is -0.575. The highest BCUT2D eigenvalue weighted by atomic mass is 79.9. The van der Waals surface area contributed by atoms with E-state index in [4.69, 9.17) is 5.73 Å². The summed E-state index contributed by atoms with van der Waals surface area (Å²) in [5, 5.41) is 10.7. The Morgan fingerprint density at radius 3 is 2.76 bits per heavy atom. The molecule has 0 aliphatic carbocycles. The Kier molecular flexibility index (Phi) is 4.43. The molecule has 1 aromatic carbocycles. The fraction of sp³-hybridized carbons (Fsp3) is 0.357. The smallest absolute Gasteiger partial charge is 0.246 e. The molecular weight excluding hydrogens is 334 g/mol. The monoisotopic (exact) mass is 351 g/mol. The number of nitrogens with one attached hydrogen (secondary N) is 1. The lowest BCUT2D eigenvalue weighted by Gasteiger charge is -2.13. The Hall–Kier alpha value is -1.73. The van der Waals surface area contributed by atoms with Crippen molar-refractivity contribution < 1.29 is 4.79 Å². The molecule has 0 unspecified atom stereocenters. The van der Waals surface area contributed by atoms with E-state index in [1.54, 1.807) is 6.20 Å². The molecule has 0 aliphatic rings. The van der Waals surface area contributed by atoms with Crippen molar-refractivity contribution in [3.63, 3.8) is 0 Å². The minimum absolute atomic E-state index is 0.0867. The number of hydrogen-bond acceptors (Lipinski definition) is 4. The molecule has 3 N–H and O–H groups in total. The van der Waals surface area contributed by atoms with Gasteiger partial charge in [0, 0.05) is 4.47 Å². The summed E-state index contributed by atoms with van der Waals surface area (Å²) in [6.07, 6.45) is 1.68. The summed E-state index contributed by atoms with van der Waals surface area (Å²) in [6, 6.07) is 5.73. The number of aromatic nitrogens is 3. The molecule has 0 aliphatic heterocycles. The van der Waals surface area contributed by atoms with Crippen molar-refractivity contribution in [2.24, 2.45) is 5.73 Å². The first-order chi connectivity index (χ1) is 9.75. The summed E-state index contributed by atoms with van der Waals surface area (Å²) >= 11 is 3.43.